The highest BCUT2D eigenvalue weighted by molar-refractivity contribution is 8.02. The van der Waals surface area contributed by atoms with Crippen LogP contribution in [-0.2, 0) is 0 Å². The molecule has 0 radical (unpaired) electrons. The maximum Gasteiger partial charge on any atom is 0.0289 e. The van der Waals surface area contributed by atoms with E-state index in [1.807, 2.05) is 30.6 Å². The van der Waals surface area contributed by atoms with Crippen molar-refractivity contribution >= 4 is 23.5 Å². The first kappa shape index (κ1) is 13.9. The third-order valence-electron chi connectivity index (χ3n) is 2.49. The smallest absolute Gasteiger partial charge is 0.0289 e. The number of hydrogen-bond donors (Lipinski definition) is 1. The van der Waals surface area contributed by atoms with Crippen molar-refractivity contribution in [3.8, 4) is 0 Å². The fourth-order valence-corrected chi connectivity index (χ4v) is 3.13. The van der Waals surface area contributed by atoms with Gasteiger partial charge in [0.1, 0.15) is 0 Å². The molecule has 1 N–H and O–H groups in total. The summed E-state index contributed by atoms with van der Waals surface area (Å²) in [5, 5.41) is 3.27. The second-order valence-corrected chi connectivity index (χ2v) is 6.19. The first-order valence-corrected chi connectivity index (χ1v) is 7.89. The lowest BCUT2D eigenvalue weighted by atomic mass is 10.1. The van der Waals surface area contributed by atoms with Crippen LogP contribution >= 0.6 is 23.5 Å². The van der Waals surface area contributed by atoms with Crippen LogP contribution in [0.4, 0.5) is 0 Å². The van der Waals surface area contributed by atoms with Crippen molar-refractivity contribution in [3.63, 3.8) is 0 Å². The van der Waals surface area contributed by atoms with Crippen LogP contribution in [0, 0.1) is 0 Å². The van der Waals surface area contributed by atoms with Gasteiger partial charge in [-0.25, -0.2) is 0 Å². The highest BCUT2D eigenvalue weighted by Crippen LogP contribution is 2.22. The van der Waals surface area contributed by atoms with Crippen LogP contribution in [0.25, 0.3) is 0 Å². The van der Waals surface area contributed by atoms with E-state index in [1.165, 1.54) is 27.7 Å². The minimum atomic E-state index is 0.436. The molecule has 0 saturated heterocycles. The number of thioether (sulfide) groups is 2. The normalized spacial score (nSPS) is 12.7. The molecule has 0 spiro atoms. The molecule has 1 atom stereocenters. The van der Waals surface area contributed by atoms with Crippen LogP contribution < -0.4 is 5.32 Å². The van der Waals surface area contributed by atoms with Gasteiger partial charge < -0.3 is 5.32 Å². The zero-order chi connectivity index (χ0) is 11.8. The summed E-state index contributed by atoms with van der Waals surface area (Å²) in [6.07, 6.45) is 0. The third kappa shape index (κ3) is 4.81. The Balaban J connectivity index is 2.47. The number of nitrogens with one attached hydrogen (secondary N) is 1. The highest BCUT2D eigenvalue weighted by Gasteiger charge is 2.03. The molecule has 3 heteroatoms. The molecule has 0 aliphatic rings. The number of benzene rings is 1. The van der Waals surface area contributed by atoms with E-state index in [4.69, 9.17) is 0 Å². The SMILES string of the molecule is CCSCCSc1cccc(C(C)NC)c1. The predicted molar refractivity (Wildman–Crippen MR) is 77.6 cm³/mol. The molecule has 1 rings (SSSR count). The highest BCUT2D eigenvalue weighted by atomic mass is 32.2. The van der Waals surface area contributed by atoms with Crippen molar-refractivity contribution in [1.82, 2.24) is 5.32 Å². The topological polar surface area (TPSA) is 12.0 Å². The van der Waals surface area contributed by atoms with Crippen molar-refractivity contribution < 1.29 is 0 Å². The van der Waals surface area contributed by atoms with Crippen LogP contribution in [0.15, 0.2) is 29.2 Å². The van der Waals surface area contributed by atoms with Gasteiger partial charge in [0.2, 0.25) is 0 Å². The second-order valence-electron chi connectivity index (χ2n) is 3.63. The van der Waals surface area contributed by atoms with Gasteiger partial charge in [-0.2, -0.15) is 11.8 Å². The minimum absolute atomic E-state index is 0.436. The molecule has 0 saturated carbocycles. The molecule has 90 valence electrons. The van der Waals surface area contributed by atoms with E-state index in [9.17, 15) is 0 Å². The van der Waals surface area contributed by atoms with Crippen LogP contribution in [0.2, 0.25) is 0 Å². The molecule has 1 unspecified atom stereocenters. The van der Waals surface area contributed by atoms with Crippen molar-refractivity contribution in [1.29, 1.82) is 0 Å². The number of hydrogen-bond acceptors (Lipinski definition) is 3. The van der Waals surface area contributed by atoms with E-state index in [0.717, 1.165) is 0 Å². The lowest BCUT2D eigenvalue weighted by molar-refractivity contribution is 0.651. The Labute approximate surface area is 108 Å². The van der Waals surface area contributed by atoms with Gasteiger partial charge in [-0.3, -0.25) is 0 Å². The molecule has 0 amide bonds. The first-order valence-electron chi connectivity index (χ1n) is 5.75. The van der Waals surface area contributed by atoms with Crippen molar-refractivity contribution in [3.05, 3.63) is 29.8 Å². The summed E-state index contributed by atoms with van der Waals surface area (Å²) in [5.41, 5.74) is 1.37. The summed E-state index contributed by atoms with van der Waals surface area (Å²) in [4.78, 5) is 1.39. The molecule has 1 aromatic rings. The Bertz CT molecular complexity index is 302. The van der Waals surface area contributed by atoms with Crippen LogP contribution in [-0.4, -0.2) is 24.3 Å². The van der Waals surface area contributed by atoms with Crippen molar-refractivity contribution in [2.45, 2.75) is 24.8 Å². The van der Waals surface area contributed by atoms with Gasteiger partial charge in [0, 0.05) is 22.4 Å². The van der Waals surface area contributed by atoms with Gasteiger partial charge in [0.15, 0.2) is 0 Å². The molecule has 1 aromatic carbocycles. The van der Waals surface area contributed by atoms with E-state index in [-0.39, 0.29) is 0 Å². The Morgan fingerprint density at radius 3 is 2.81 bits per heavy atom. The lowest BCUT2D eigenvalue weighted by Crippen LogP contribution is -2.12. The third-order valence-corrected chi connectivity index (χ3v) is 4.65. The van der Waals surface area contributed by atoms with Gasteiger partial charge in [-0.15, -0.1) is 11.8 Å². The van der Waals surface area contributed by atoms with E-state index < -0.39 is 0 Å². The summed E-state index contributed by atoms with van der Waals surface area (Å²) >= 11 is 3.96. The van der Waals surface area contributed by atoms with Gasteiger partial charge >= 0.3 is 0 Å². The zero-order valence-electron chi connectivity index (χ0n) is 10.3. The Hall–Kier alpha value is -0.120. The Morgan fingerprint density at radius 1 is 1.31 bits per heavy atom. The number of rotatable bonds is 7. The van der Waals surface area contributed by atoms with E-state index in [2.05, 4.69) is 43.4 Å². The minimum Gasteiger partial charge on any atom is -0.313 e. The fraction of sp³-hybridized carbons (Fsp3) is 0.538. The molecule has 0 bridgehead atoms. The predicted octanol–water partition coefficient (Wildman–Crippen LogP) is 3.81. The van der Waals surface area contributed by atoms with E-state index >= 15 is 0 Å². The van der Waals surface area contributed by atoms with Crippen molar-refractivity contribution in [2.75, 3.05) is 24.3 Å². The summed E-state index contributed by atoms with van der Waals surface area (Å²) in [6.45, 7) is 4.40. The quantitative estimate of drug-likeness (QED) is 0.588. The molecule has 0 aliphatic heterocycles. The summed E-state index contributed by atoms with van der Waals surface area (Å²) in [5.74, 6) is 3.67. The summed E-state index contributed by atoms with van der Waals surface area (Å²) in [7, 11) is 2.00. The van der Waals surface area contributed by atoms with Crippen molar-refractivity contribution in [2.24, 2.45) is 0 Å². The molecule has 0 aromatic heterocycles. The van der Waals surface area contributed by atoms with Gasteiger partial charge in [0.05, 0.1) is 0 Å². The second kappa shape index (κ2) is 8.04. The Morgan fingerprint density at radius 2 is 2.12 bits per heavy atom. The zero-order valence-corrected chi connectivity index (χ0v) is 12.0. The van der Waals surface area contributed by atoms with Gasteiger partial charge in [-0.1, -0.05) is 19.1 Å². The van der Waals surface area contributed by atoms with Gasteiger partial charge in [-0.05, 0) is 37.4 Å². The molecular formula is C13H21NS2. The maximum absolute atomic E-state index is 3.27. The summed E-state index contributed by atoms with van der Waals surface area (Å²) < 4.78 is 0. The molecule has 16 heavy (non-hydrogen) atoms. The van der Waals surface area contributed by atoms with E-state index in [1.54, 1.807) is 0 Å². The average Bonchev–Trinajstić information content (AvgIpc) is 2.34. The monoisotopic (exact) mass is 255 g/mol. The molecule has 0 fully saturated rings. The van der Waals surface area contributed by atoms with Crippen LogP contribution in [0.3, 0.4) is 0 Å². The fourth-order valence-electron chi connectivity index (χ4n) is 1.40. The summed E-state index contributed by atoms with van der Waals surface area (Å²) in [6, 6.07) is 9.27. The van der Waals surface area contributed by atoms with E-state index in [0.29, 0.717) is 6.04 Å². The maximum atomic E-state index is 3.27. The first-order chi connectivity index (χ1) is 7.77. The van der Waals surface area contributed by atoms with Crippen LogP contribution in [0.5, 0.6) is 0 Å². The lowest BCUT2D eigenvalue weighted by Gasteiger charge is -2.11. The van der Waals surface area contributed by atoms with Crippen LogP contribution in [0.1, 0.15) is 25.5 Å². The van der Waals surface area contributed by atoms with Gasteiger partial charge in [0.25, 0.3) is 0 Å². The molecule has 0 aliphatic carbocycles. The molecule has 0 heterocycles. The average molecular weight is 255 g/mol. The largest absolute Gasteiger partial charge is 0.313 e. The Kier molecular flexibility index (Phi) is 7.01. The molecule has 1 nitrogen and oxygen atoms in total. The molecular weight excluding hydrogens is 234 g/mol. The standard InChI is InChI=1S/C13H21NS2/c1-4-15-8-9-16-13-7-5-6-12(10-13)11(2)14-3/h5-7,10-11,14H,4,8-9H2,1-3H3.